The van der Waals surface area contributed by atoms with Gasteiger partial charge in [0.05, 0.1) is 6.54 Å². The Morgan fingerprint density at radius 2 is 2.06 bits per heavy atom. The zero-order valence-corrected chi connectivity index (χ0v) is 10.3. The van der Waals surface area contributed by atoms with Crippen LogP contribution in [0.3, 0.4) is 0 Å². The molecule has 17 heavy (non-hydrogen) atoms. The molecule has 0 saturated carbocycles. The summed E-state index contributed by atoms with van der Waals surface area (Å²) in [4.78, 5) is 28.1. The van der Waals surface area contributed by atoms with E-state index >= 15 is 0 Å². The van der Waals surface area contributed by atoms with E-state index in [2.05, 4.69) is 0 Å². The second-order valence-corrected chi connectivity index (χ2v) is 4.37. The average Bonchev–Trinajstić information content (AvgIpc) is 2.51. The van der Waals surface area contributed by atoms with Crippen molar-refractivity contribution in [1.29, 1.82) is 0 Å². The molecule has 2 N–H and O–H groups in total. The third-order valence-electron chi connectivity index (χ3n) is 2.83. The molecule has 0 bridgehead atoms. The molecular weight excluding hydrogens is 220 g/mol. The van der Waals surface area contributed by atoms with Gasteiger partial charge in [-0.2, -0.15) is 5.06 Å². The van der Waals surface area contributed by atoms with Crippen LogP contribution in [0.2, 0.25) is 0 Å². The molecule has 98 valence electrons. The van der Waals surface area contributed by atoms with Gasteiger partial charge in [-0.15, -0.1) is 0 Å². The lowest BCUT2D eigenvalue weighted by atomic mass is 10.2. The fourth-order valence-electron chi connectivity index (χ4n) is 1.81. The van der Waals surface area contributed by atoms with Crippen LogP contribution in [-0.4, -0.2) is 30.0 Å². The van der Waals surface area contributed by atoms with Gasteiger partial charge in [-0.25, -0.2) is 4.79 Å². The quantitative estimate of drug-likeness (QED) is 0.714. The largest absolute Gasteiger partial charge is 0.338 e. The van der Waals surface area contributed by atoms with E-state index < -0.39 is 0 Å². The molecule has 0 spiro atoms. The molecule has 1 aliphatic rings. The van der Waals surface area contributed by atoms with Crippen molar-refractivity contribution in [1.82, 2.24) is 5.06 Å². The molecule has 0 radical (unpaired) electrons. The van der Waals surface area contributed by atoms with Crippen molar-refractivity contribution in [2.75, 3.05) is 13.1 Å². The van der Waals surface area contributed by atoms with Crippen LogP contribution in [0.4, 0.5) is 0 Å². The van der Waals surface area contributed by atoms with Gasteiger partial charge in [0.15, 0.2) is 0 Å². The Hall–Kier alpha value is -1.10. The number of nitrogens with zero attached hydrogens (tertiary/aromatic N) is 1. The van der Waals surface area contributed by atoms with Crippen LogP contribution >= 0.6 is 0 Å². The summed E-state index contributed by atoms with van der Waals surface area (Å²) in [7, 11) is 0. The van der Waals surface area contributed by atoms with E-state index in [9.17, 15) is 9.59 Å². The standard InChI is InChI=1S/C12H22N2O3/c13-9-5-1-4-8-12(16)17-14-10-6-2-3-7-11(14)15/h1-10,13H2. The Morgan fingerprint density at radius 1 is 1.24 bits per heavy atom. The summed E-state index contributed by atoms with van der Waals surface area (Å²) >= 11 is 0. The van der Waals surface area contributed by atoms with Crippen molar-refractivity contribution in [2.45, 2.75) is 51.4 Å². The van der Waals surface area contributed by atoms with E-state index in [4.69, 9.17) is 10.6 Å². The fraction of sp³-hybridized carbons (Fsp3) is 0.833. The zero-order chi connectivity index (χ0) is 12.5. The van der Waals surface area contributed by atoms with Crippen molar-refractivity contribution in [3.63, 3.8) is 0 Å². The highest BCUT2D eigenvalue weighted by Crippen LogP contribution is 2.12. The summed E-state index contributed by atoms with van der Waals surface area (Å²) in [5.41, 5.74) is 5.36. The van der Waals surface area contributed by atoms with Gasteiger partial charge in [-0.3, -0.25) is 4.79 Å². The van der Waals surface area contributed by atoms with Gasteiger partial charge in [-0.05, 0) is 32.2 Å². The lowest BCUT2D eigenvalue weighted by molar-refractivity contribution is -0.197. The summed E-state index contributed by atoms with van der Waals surface area (Å²) in [6, 6.07) is 0. The summed E-state index contributed by atoms with van der Waals surface area (Å²) < 4.78 is 0. The summed E-state index contributed by atoms with van der Waals surface area (Å²) in [6.45, 7) is 1.19. The number of hydrogen-bond donors (Lipinski definition) is 1. The molecule has 0 atom stereocenters. The third kappa shape index (κ3) is 5.68. The number of hydroxylamine groups is 2. The molecule has 0 unspecified atom stereocenters. The fourth-order valence-corrected chi connectivity index (χ4v) is 1.81. The Kier molecular flexibility index (Phi) is 6.62. The highest BCUT2D eigenvalue weighted by atomic mass is 16.7. The topological polar surface area (TPSA) is 72.6 Å². The molecule has 0 aliphatic carbocycles. The Labute approximate surface area is 102 Å². The number of rotatable bonds is 6. The maximum atomic E-state index is 11.6. The maximum absolute atomic E-state index is 11.6. The highest BCUT2D eigenvalue weighted by Gasteiger charge is 2.20. The minimum Gasteiger partial charge on any atom is -0.338 e. The van der Waals surface area contributed by atoms with Gasteiger partial charge in [0.1, 0.15) is 0 Å². The maximum Gasteiger partial charge on any atom is 0.332 e. The van der Waals surface area contributed by atoms with Gasteiger partial charge < -0.3 is 10.6 Å². The second kappa shape index (κ2) is 8.06. The van der Waals surface area contributed by atoms with Crippen molar-refractivity contribution in [2.24, 2.45) is 5.73 Å². The average molecular weight is 242 g/mol. The van der Waals surface area contributed by atoms with Crippen molar-refractivity contribution >= 4 is 11.9 Å². The van der Waals surface area contributed by atoms with Gasteiger partial charge in [0.25, 0.3) is 5.91 Å². The first-order valence-corrected chi connectivity index (χ1v) is 6.45. The van der Waals surface area contributed by atoms with Gasteiger partial charge >= 0.3 is 5.97 Å². The van der Waals surface area contributed by atoms with Gasteiger partial charge in [-0.1, -0.05) is 12.8 Å². The van der Waals surface area contributed by atoms with Crippen LogP contribution in [0, 0.1) is 0 Å². The van der Waals surface area contributed by atoms with Crippen molar-refractivity contribution in [3.05, 3.63) is 0 Å². The predicted octanol–water partition coefficient (Wildman–Crippen LogP) is 1.37. The van der Waals surface area contributed by atoms with E-state index in [0.717, 1.165) is 38.5 Å². The van der Waals surface area contributed by atoms with Crippen LogP contribution < -0.4 is 5.73 Å². The lowest BCUT2D eigenvalue weighted by Crippen LogP contribution is -2.32. The zero-order valence-electron chi connectivity index (χ0n) is 10.3. The molecule has 0 aromatic heterocycles. The van der Waals surface area contributed by atoms with E-state index in [1.807, 2.05) is 0 Å². The van der Waals surface area contributed by atoms with Gasteiger partial charge in [0.2, 0.25) is 0 Å². The first-order chi connectivity index (χ1) is 8.24. The normalized spacial score (nSPS) is 16.8. The van der Waals surface area contributed by atoms with E-state index in [0.29, 0.717) is 25.9 Å². The minimum atomic E-state index is -0.308. The van der Waals surface area contributed by atoms with Crippen molar-refractivity contribution in [3.8, 4) is 0 Å². The summed E-state index contributed by atoms with van der Waals surface area (Å²) in [5.74, 6) is -0.380. The van der Waals surface area contributed by atoms with Crippen LogP contribution in [0.15, 0.2) is 0 Å². The predicted molar refractivity (Wildman–Crippen MR) is 63.8 cm³/mol. The van der Waals surface area contributed by atoms with E-state index in [1.54, 1.807) is 0 Å². The molecule has 1 heterocycles. The molecule has 0 aromatic carbocycles. The number of carbonyl (C=O) groups excluding carboxylic acids is 2. The first kappa shape index (κ1) is 14.0. The first-order valence-electron chi connectivity index (χ1n) is 6.45. The molecule has 1 rings (SSSR count). The lowest BCUT2D eigenvalue weighted by Gasteiger charge is -2.18. The Morgan fingerprint density at radius 3 is 2.82 bits per heavy atom. The highest BCUT2D eigenvalue weighted by molar-refractivity contribution is 5.78. The van der Waals surface area contributed by atoms with Crippen molar-refractivity contribution < 1.29 is 14.4 Å². The molecule has 1 fully saturated rings. The van der Waals surface area contributed by atoms with Crippen LogP contribution in [0.1, 0.15) is 51.4 Å². The number of nitrogens with two attached hydrogens (primary N) is 1. The number of carbonyl (C=O) groups is 2. The van der Waals surface area contributed by atoms with E-state index in [-0.39, 0.29) is 11.9 Å². The molecule has 1 saturated heterocycles. The number of hydrogen-bond acceptors (Lipinski definition) is 4. The monoisotopic (exact) mass is 242 g/mol. The molecule has 0 aromatic rings. The van der Waals surface area contributed by atoms with Crippen LogP contribution in [0.5, 0.6) is 0 Å². The summed E-state index contributed by atoms with van der Waals surface area (Å²) in [5, 5.41) is 1.23. The summed E-state index contributed by atoms with van der Waals surface area (Å²) in [6.07, 6.45) is 6.31. The SMILES string of the molecule is NCCCCCC(=O)ON1CCCCCC1=O. The van der Waals surface area contributed by atoms with E-state index in [1.165, 1.54) is 5.06 Å². The second-order valence-electron chi connectivity index (χ2n) is 4.37. The smallest absolute Gasteiger partial charge is 0.332 e. The van der Waals surface area contributed by atoms with Crippen LogP contribution in [0.25, 0.3) is 0 Å². The Balaban J connectivity index is 2.21. The molecule has 5 nitrogen and oxygen atoms in total. The Bertz CT molecular complexity index is 256. The molecule has 1 aliphatic heterocycles. The third-order valence-corrected chi connectivity index (χ3v) is 2.83. The van der Waals surface area contributed by atoms with Crippen LogP contribution in [-0.2, 0) is 14.4 Å². The number of unbranched alkanes of at least 4 members (excludes halogenated alkanes) is 2. The van der Waals surface area contributed by atoms with Gasteiger partial charge in [0, 0.05) is 12.8 Å². The molecule has 5 heteroatoms. The molecular formula is C12H22N2O3. The number of amides is 1. The minimum absolute atomic E-state index is 0.0715. The molecule has 1 amide bonds.